The van der Waals surface area contributed by atoms with Crippen LogP contribution in [-0.2, 0) is 11.2 Å². The zero-order chi connectivity index (χ0) is 14.4. The smallest absolute Gasteiger partial charge is 0.226 e. The third-order valence-corrected chi connectivity index (χ3v) is 4.01. The number of amides is 1. The van der Waals surface area contributed by atoms with E-state index in [1.54, 1.807) is 0 Å². The summed E-state index contributed by atoms with van der Waals surface area (Å²) in [5.41, 5.74) is 1.30. The van der Waals surface area contributed by atoms with E-state index in [9.17, 15) is 4.79 Å². The predicted molar refractivity (Wildman–Crippen MR) is 83.5 cm³/mol. The summed E-state index contributed by atoms with van der Waals surface area (Å²) >= 11 is 0. The number of allylic oxidation sites excluding steroid dienone is 2. The molecule has 2 rings (SSSR count). The summed E-state index contributed by atoms with van der Waals surface area (Å²) in [6, 6.07) is 10.7. The van der Waals surface area contributed by atoms with Crippen molar-refractivity contribution in [2.24, 2.45) is 5.92 Å². The molecule has 0 radical (unpaired) electrons. The van der Waals surface area contributed by atoms with Gasteiger partial charge in [-0.2, -0.15) is 0 Å². The highest BCUT2D eigenvalue weighted by atomic mass is 16.2. The van der Waals surface area contributed by atoms with Gasteiger partial charge in [-0.05, 0) is 45.1 Å². The Morgan fingerprint density at radius 2 is 2.00 bits per heavy atom. The summed E-state index contributed by atoms with van der Waals surface area (Å²) in [7, 11) is 0. The molecule has 0 N–H and O–H groups in total. The van der Waals surface area contributed by atoms with E-state index in [4.69, 9.17) is 0 Å². The Morgan fingerprint density at radius 3 is 2.60 bits per heavy atom. The molecule has 1 atom stereocenters. The van der Waals surface area contributed by atoms with Crippen molar-refractivity contribution in [2.75, 3.05) is 6.54 Å². The molecular weight excluding hydrogens is 246 g/mol. The predicted octanol–water partition coefficient (Wildman–Crippen LogP) is 3.82. The lowest BCUT2D eigenvalue weighted by Crippen LogP contribution is -2.42. The maximum Gasteiger partial charge on any atom is 0.226 e. The van der Waals surface area contributed by atoms with Crippen molar-refractivity contribution >= 4 is 5.91 Å². The van der Waals surface area contributed by atoms with Gasteiger partial charge in [0.25, 0.3) is 0 Å². The number of hydrogen-bond donors (Lipinski definition) is 0. The summed E-state index contributed by atoms with van der Waals surface area (Å²) in [4.78, 5) is 14.7. The average molecular weight is 271 g/mol. The highest BCUT2D eigenvalue weighted by Gasteiger charge is 2.25. The molecule has 0 bridgehead atoms. The van der Waals surface area contributed by atoms with E-state index >= 15 is 0 Å². The van der Waals surface area contributed by atoms with Gasteiger partial charge in [-0.25, -0.2) is 0 Å². The van der Waals surface area contributed by atoms with Crippen molar-refractivity contribution in [1.82, 2.24) is 4.90 Å². The molecule has 0 spiro atoms. The molecule has 1 aromatic rings. The largest absolute Gasteiger partial charge is 0.340 e. The Labute approximate surface area is 122 Å². The van der Waals surface area contributed by atoms with Gasteiger partial charge in [0.05, 0.1) is 0 Å². The minimum atomic E-state index is 0.193. The molecule has 20 heavy (non-hydrogen) atoms. The fraction of sp³-hybridized carbons (Fsp3) is 0.500. The fourth-order valence-electron chi connectivity index (χ4n) is 2.77. The number of carbonyl (C=O) groups excluding carboxylic acids is 1. The number of nitrogens with zero attached hydrogens (tertiary/aromatic N) is 1. The van der Waals surface area contributed by atoms with Crippen LogP contribution in [0, 0.1) is 5.92 Å². The molecule has 1 amide bonds. The molecule has 0 aromatic heterocycles. The first kappa shape index (κ1) is 14.8. The molecule has 0 saturated carbocycles. The van der Waals surface area contributed by atoms with Crippen LogP contribution in [0.15, 0.2) is 42.5 Å². The molecule has 0 heterocycles. The van der Waals surface area contributed by atoms with Gasteiger partial charge in [-0.3, -0.25) is 4.79 Å². The summed E-state index contributed by atoms with van der Waals surface area (Å²) in [6.45, 7) is 5.05. The number of rotatable bonds is 5. The lowest BCUT2D eigenvalue weighted by molar-refractivity contribution is -0.137. The quantitative estimate of drug-likeness (QED) is 0.745. The zero-order valence-corrected chi connectivity index (χ0v) is 12.6. The van der Waals surface area contributed by atoms with Crippen LogP contribution in [0.2, 0.25) is 0 Å². The monoisotopic (exact) mass is 271 g/mol. The number of benzene rings is 1. The highest BCUT2D eigenvalue weighted by Crippen LogP contribution is 2.21. The van der Waals surface area contributed by atoms with Gasteiger partial charge >= 0.3 is 0 Å². The molecule has 0 aliphatic heterocycles. The normalized spacial score (nSPS) is 18.2. The third kappa shape index (κ3) is 3.96. The van der Waals surface area contributed by atoms with Gasteiger partial charge < -0.3 is 4.90 Å². The number of carbonyl (C=O) groups is 1. The van der Waals surface area contributed by atoms with E-state index < -0.39 is 0 Å². The second-order valence-corrected chi connectivity index (χ2v) is 5.84. The van der Waals surface area contributed by atoms with Gasteiger partial charge in [-0.1, -0.05) is 42.5 Å². The average Bonchev–Trinajstić information content (AvgIpc) is 2.49. The van der Waals surface area contributed by atoms with Crippen molar-refractivity contribution in [3.05, 3.63) is 48.0 Å². The Balaban J connectivity index is 1.96. The second kappa shape index (κ2) is 7.28. The fourth-order valence-corrected chi connectivity index (χ4v) is 2.77. The minimum Gasteiger partial charge on any atom is -0.340 e. The molecule has 2 nitrogen and oxygen atoms in total. The lowest BCUT2D eigenvalue weighted by Gasteiger charge is -2.31. The van der Waals surface area contributed by atoms with E-state index in [0.29, 0.717) is 5.91 Å². The maximum absolute atomic E-state index is 12.7. The van der Waals surface area contributed by atoms with Gasteiger partial charge in [0.2, 0.25) is 5.91 Å². The molecule has 2 heteroatoms. The molecule has 1 aliphatic rings. The van der Waals surface area contributed by atoms with Crippen LogP contribution in [0.5, 0.6) is 0 Å². The minimum absolute atomic E-state index is 0.193. The molecule has 1 aromatic carbocycles. The van der Waals surface area contributed by atoms with Crippen LogP contribution < -0.4 is 0 Å². The van der Waals surface area contributed by atoms with E-state index in [2.05, 4.69) is 55.2 Å². The van der Waals surface area contributed by atoms with Crippen molar-refractivity contribution < 1.29 is 4.79 Å². The van der Waals surface area contributed by atoms with Crippen LogP contribution in [0.3, 0.4) is 0 Å². The molecule has 108 valence electrons. The topological polar surface area (TPSA) is 20.3 Å². The summed E-state index contributed by atoms with van der Waals surface area (Å²) in [5, 5.41) is 0. The zero-order valence-electron chi connectivity index (χ0n) is 12.6. The Bertz CT molecular complexity index is 450. The van der Waals surface area contributed by atoms with E-state index in [1.165, 1.54) is 5.56 Å². The molecular formula is C18H25NO. The Kier molecular flexibility index (Phi) is 5.40. The van der Waals surface area contributed by atoms with Crippen LogP contribution in [0.4, 0.5) is 0 Å². The summed E-state index contributed by atoms with van der Waals surface area (Å²) in [6.07, 6.45) is 8.24. The molecule has 0 saturated heterocycles. The van der Waals surface area contributed by atoms with E-state index in [1.807, 2.05) is 6.07 Å². The van der Waals surface area contributed by atoms with Crippen LogP contribution in [-0.4, -0.2) is 23.4 Å². The standard InChI is InChI=1S/C18H25NO/c1-15(2)19(14-13-16-9-5-3-6-10-16)18(20)17-11-7-4-8-12-17/h3-7,9-10,15,17H,8,11-14H2,1-2H3. The second-order valence-electron chi connectivity index (χ2n) is 5.84. The molecule has 0 fully saturated rings. The van der Waals surface area contributed by atoms with Gasteiger partial charge in [0, 0.05) is 18.5 Å². The van der Waals surface area contributed by atoms with Gasteiger partial charge in [0.1, 0.15) is 0 Å². The van der Waals surface area contributed by atoms with Crippen molar-refractivity contribution in [2.45, 2.75) is 45.6 Å². The molecule has 1 unspecified atom stereocenters. The van der Waals surface area contributed by atoms with Crippen LogP contribution in [0.1, 0.15) is 38.7 Å². The maximum atomic E-state index is 12.7. The number of hydrogen-bond acceptors (Lipinski definition) is 1. The first-order valence-corrected chi connectivity index (χ1v) is 7.68. The summed E-state index contributed by atoms with van der Waals surface area (Å²) < 4.78 is 0. The molecule has 1 aliphatic carbocycles. The Hall–Kier alpha value is -1.57. The summed E-state index contributed by atoms with van der Waals surface area (Å²) in [5.74, 6) is 0.526. The first-order chi connectivity index (χ1) is 9.68. The van der Waals surface area contributed by atoms with Crippen molar-refractivity contribution in [1.29, 1.82) is 0 Å². The third-order valence-electron chi connectivity index (χ3n) is 4.01. The first-order valence-electron chi connectivity index (χ1n) is 7.68. The van der Waals surface area contributed by atoms with Gasteiger partial charge in [-0.15, -0.1) is 0 Å². The highest BCUT2D eigenvalue weighted by molar-refractivity contribution is 5.79. The van der Waals surface area contributed by atoms with Crippen LogP contribution in [0.25, 0.3) is 0 Å². The van der Waals surface area contributed by atoms with E-state index in [-0.39, 0.29) is 12.0 Å². The van der Waals surface area contributed by atoms with Crippen molar-refractivity contribution in [3.63, 3.8) is 0 Å². The SMILES string of the molecule is CC(C)N(CCc1ccccc1)C(=O)C1CC=CCC1. The van der Waals surface area contributed by atoms with Gasteiger partial charge in [0.15, 0.2) is 0 Å². The Morgan fingerprint density at radius 1 is 1.25 bits per heavy atom. The van der Waals surface area contributed by atoms with Crippen molar-refractivity contribution in [3.8, 4) is 0 Å². The van der Waals surface area contributed by atoms with Crippen LogP contribution >= 0.6 is 0 Å². The lowest BCUT2D eigenvalue weighted by atomic mass is 9.92. The van der Waals surface area contributed by atoms with E-state index in [0.717, 1.165) is 32.2 Å².